The first-order valence-electron chi connectivity index (χ1n) is 8.04. The predicted octanol–water partition coefficient (Wildman–Crippen LogP) is 2.36. The Morgan fingerprint density at radius 3 is 2.54 bits per heavy atom. The van der Waals surface area contributed by atoms with Crippen molar-refractivity contribution in [1.82, 2.24) is 14.9 Å². The van der Waals surface area contributed by atoms with Gasteiger partial charge in [0.2, 0.25) is 5.88 Å². The van der Waals surface area contributed by atoms with Crippen LogP contribution in [0.5, 0.6) is 0 Å². The van der Waals surface area contributed by atoms with Gasteiger partial charge in [-0.3, -0.25) is 0 Å². The highest BCUT2D eigenvalue weighted by Crippen LogP contribution is 2.28. The third-order valence-electron chi connectivity index (χ3n) is 4.39. The van der Waals surface area contributed by atoms with Gasteiger partial charge in [-0.15, -0.1) is 0 Å². The Bertz CT molecular complexity index is 783. The average molecular weight is 326 g/mol. The van der Waals surface area contributed by atoms with Crippen LogP contribution in [0.3, 0.4) is 0 Å². The van der Waals surface area contributed by atoms with Crippen molar-refractivity contribution in [3.63, 3.8) is 0 Å². The molecule has 0 bridgehead atoms. The molecule has 0 radical (unpaired) electrons. The Morgan fingerprint density at radius 1 is 1.17 bits per heavy atom. The van der Waals surface area contributed by atoms with Gasteiger partial charge < -0.3 is 19.5 Å². The largest absolute Gasteiger partial charge is 0.444 e. The van der Waals surface area contributed by atoms with Gasteiger partial charge in [0.25, 0.3) is 0 Å². The molecule has 1 aliphatic heterocycles. The molecule has 0 amide bonds. The molecular weight excluding hydrogens is 304 g/mol. The van der Waals surface area contributed by atoms with Crippen LogP contribution in [0.25, 0.3) is 0 Å². The molecule has 2 aromatic heterocycles. The summed E-state index contributed by atoms with van der Waals surface area (Å²) in [6, 6.07) is 4.10. The minimum atomic E-state index is 0.440. The molecule has 1 saturated heterocycles. The second-order valence-corrected chi connectivity index (χ2v) is 6.17. The molecular formula is C17H22N6O. The summed E-state index contributed by atoms with van der Waals surface area (Å²) in [5.74, 6) is 3.40. The number of furan rings is 1. The van der Waals surface area contributed by atoms with Crippen molar-refractivity contribution in [2.75, 3.05) is 43.4 Å². The van der Waals surface area contributed by atoms with Crippen LogP contribution in [0.15, 0.2) is 10.5 Å². The first-order chi connectivity index (χ1) is 11.5. The third-order valence-corrected chi connectivity index (χ3v) is 4.39. The van der Waals surface area contributed by atoms with Gasteiger partial charge in [0.15, 0.2) is 0 Å². The van der Waals surface area contributed by atoms with E-state index in [1.165, 1.54) is 0 Å². The standard InChI is InChI=1S/C17H22N6O/c1-11-12(2)24-17(14(11)10-18)21-15-9-16(20-13(3)19-15)23-7-5-22(4)6-8-23/h9H,5-8H2,1-4H3,(H,19,20,21). The predicted molar refractivity (Wildman–Crippen MR) is 92.7 cm³/mol. The maximum absolute atomic E-state index is 9.33. The van der Waals surface area contributed by atoms with E-state index in [1.54, 1.807) is 0 Å². The Balaban J connectivity index is 1.87. The molecule has 7 nitrogen and oxygen atoms in total. The Labute approximate surface area is 141 Å². The average Bonchev–Trinajstić information content (AvgIpc) is 2.81. The van der Waals surface area contributed by atoms with Gasteiger partial charge >= 0.3 is 0 Å². The monoisotopic (exact) mass is 326 g/mol. The van der Waals surface area contributed by atoms with E-state index >= 15 is 0 Å². The molecule has 0 atom stereocenters. The number of rotatable bonds is 3. The summed E-state index contributed by atoms with van der Waals surface area (Å²) in [4.78, 5) is 13.5. The topological polar surface area (TPSA) is 81.2 Å². The van der Waals surface area contributed by atoms with Crippen LogP contribution < -0.4 is 10.2 Å². The lowest BCUT2D eigenvalue weighted by molar-refractivity contribution is 0.312. The minimum Gasteiger partial charge on any atom is -0.444 e. The van der Waals surface area contributed by atoms with Gasteiger partial charge in [-0.25, -0.2) is 9.97 Å². The smallest absolute Gasteiger partial charge is 0.216 e. The summed E-state index contributed by atoms with van der Waals surface area (Å²) in [6.07, 6.45) is 0. The molecule has 0 aromatic carbocycles. The normalized spacial score (nSPS) is 15.4. The summed E-state index contributed by atoms with van der Waals surface area (Å²) >= 11 is 0. The third kappa shape index (κ3) is 3.19. The number of nitrogens with one attached hydrogen (secondary N) is 1. The molecule has 7 heteroatoms. The van der Waals surface area contributed by atoms with Crippen LogP contribution in [0.1, 0.15) is 22.7 Å². The zero-order chi connectivity index (χ0) is 17.3. The molecule has 0 saturated carbocycles. The highest BCUT2D eigenvalue weighted by atomic mass is 16.4. The number of hydrogen-bond acceptors (Lipinski definition) is 7. The van der Waals surface area contributed by atoms with Gasteiger partial charge in [-0.1, -0.05) is 0 Å². The van der Waals surface area contributed by atoms with Crippen molar-refractivity contribution in [3.05, 3.63) is 28.8 Å². The lowest BCUT2D eigenvalue weighted by atomic mass is 10.2. The molecule has 1 N–H and O–H groups in total. The van der Waals surface area contributed by atoms with Crippen LogP contribution in [0.2, 0.25) is 0 Å². The summed E-state index contributed by atoms with van der Waals surface area (Å²) in [6.45, 7) is 9.51. The first kappa shape index (κ1) is 16.3. The van der Waals surface area contributed by atoms with Gasteiger partial charge in [-0.05, 0) is 27.8 Å². The highest BCUT2D eigenvalue weighted by Gasteiger charge is 2.18. The van der Waals surface area contributed by atoms with Crippen molar-refractivity contribution < 1.29 is 4.42 Å². The van der Waals surface area contributed by atoms with Crippen LogP contribution in [-0.4, -0.2) is 48.1 Å². The minimum absolute atomic E-state index is 0.440. The Hall–Kier alpha value is -2.59. The molecule has 1 fully saturated rings. The fourth-order valence-corrected chi connectivity index (χ4v) is 2.78. The number of hydrogen-bond donors (Lipinski definition) is 1. The fourth-order valence-electron chi connectivity index (χ4n) is 2.78. The van der Waals surface area contributed by atoms with Crippen molar-refractivity contribution >= 4 is 17.5 Å². The summed E-state index contributed by atoms with van der Waals surface area (Å²) in [5, 5.41) is 12.5. The van der Waals surface area contributed by atoms with Crippen molar-refractivity contribution in [2.45, 2.75) is 20.8 Å². The van der Waals surface area contributed by atoms with Crippen molar-refractivity contribution in [2.24, 2.45) is 0 Å². The lowest BCUT2D eigenvalue weighted by Crippen LogP contribution is -2.44. The van der Waals surface area contributed by atoms with Gasteiger partial charge in [0, 0.05) is 37.8 Å². The molecule has 3 rings (SSSR count). The number of likely N-dealkylation sites (N-methyl/N-ethyl adjacent to an activating group) is 1. The number of aryl methyl sites for hydroxylation is 2. The zero-order valence-electron chi connectivity index (χ0n) is 14.6. The maximum Gasteiger partial charge on any atom is 0.216 e. The molecule has 0 aliphatic carbocycles. The number of nitrogens with zero attached hydrogens (tertiary/aromatic N) is 5. The Morgan fingerprint density at radius 2 is 1.88 bits per heavy atom. The lowest BCUT2D eigenvalue weighted by Gasteiger charge is -2.33. The molecule has 1 aliphatic rings. The fraction of sp³-hybridized carbons (Fsp3) is 0.471. The van der Waals surface area contributed by atoms with E-state index in [0.717, 1.165) is 43.3 Å². The van der Waals surface area contributed by atoms with Crippen molar-refractivity contribution in [3.8, 4) is 6.07 Å². The van der Waals surface area contributed by atoms with Crippen LogP contribution >= 0.6 is 0 Å². The van der Waals surface area contributed by atoms with Gasteiger partial charge in [0.05, 0.1) is 0 Å². The molecule has 24 heavy (non-hydrogen) atoms. The van der Waals surface area contributed by atoms with E-state index in [1.807, 2.05) is 26.8 Å². The second kappa shape index (κ2) is 6.49. The number of anilines is 3. The van der Waals surface area contributed by atoms with E-state index in [-0.39, 0.29) is 0 Å². The molecule has 0 spiro atoms. The number of aromatic nitrogens is 2. The summed E-state index contributed by atoms with van der Waals surface area (Å²) in [5.41, 5.74) is 1.37. The number of nitriles is 1. The van der Waals surface area contributed by atoms with Crippen molar-refractivity contribution in [1.29, 1.82) is 5.26 Å². The SMILES string of the molecule is Cc1nc(Nc2oc(C)c(C)c2C#N)cc(N2CCN(C)CC2)n1. The van der Waals surface area contributed by atoms with E-state index in [2.05, 4.69) is 38.2 Å². The summed E-state index contributed by atoms with van der Waals surface area (Å²) < 4.78 is 5.67. The Kier molecular flexibility index (Phi) is 4.40. The van der Waals surface area contributed by atoms with Crippen LogP contribution in [0.4, 0.5) is 17.5 Å². The maximum atomic E-state index is 9.33. The van der Waals surface area contributed by atoms with E-state index in [9.17, 15) is 5.26 Å². The summed E-state index contributed by atoms with van der Waals surface area (Å²) in [7, 11) is 2.13. The highest BCUT2D eigenvalue weighted by molar-refractivity contribution is 5.64. The van der Waals surface area contributed by atoms with Crippen LogP contribution in [-0.2, 0) is 0 Å². The number of piperazine rings is 1. The van der Waals surface area contributed by atoms with Gasteiger partial charge in [0.1, 0.15) is 34.9 Å². The molecule has 3 heterocycles. The second-order valence-electron chi connectivity index (χ2n) is 6.17. The molecule has 2 aromatic rings. The van der Waals surface area contributed by atoms with E-state index in [0.29, 0.717) is 23.1 Å². The van der Waals surface area contributed by atoms with Crippen LogP contribution in [0, 0.1) is 32.1 Å². The zero-order valence-corrected chi connectivity index (χ0v) is 14.6. The molecule has 0 unspecified atom stereocenters. The van der Waals surface area contributed by atoms with E-state index < -0.39 is 0 Å². The van der Waals surface area contributed by atoms with Gasteiger partial charge in [-0.2, -0.15) is 5.26 Å². The van der Waals surface area contributed by atoms with E-state index in [4.69, 9.17) is 4.42 Å². The first-order valence-corrected chi connectivity index (χ1v) is 8.04. The molecule has 126 valence electrons. The quantitative estimate of drug-likeness (QED) is 0.927.